The number of aryl methyl sites for hydroxylation is 1. The van der Waals surface area contributed by atoms with Gasteiger partial charge in [0.15, 0.2) is 0 Å². The number of benzene rings is 1. The molecule has 0 aliphatic heterocycles. The van der Waals surface area contributed by atoms with E-state index in [1.54, 1.807) is 0 Å². The van der Waals surface area contributed by atoms with E-state index < -0.39 is 17.8 Å². The molecule has 106 valence electrons. The lowest BCUT2D eigenvalue weighted by Crippen LogP contribution is -2.43. The highest BCUT2D eigenvalue weighted by Gasteiger charge is 2.51. The lowest BCUT2D eigenvalue weighted by Gasteiger charge is -2.30. The number of anilines is 1. The Hall–Kier alpha value is -1.84. The van der Waals surface area contributed by atoms with E-state index in [1.165, 1.54) is 0 Å². The Bertz CT molecular complexity index is 554. The lowest BCUT2D eigenvalue weighted by atomic mass is 9.78. The third-order valence-corrected chi connectivity index (χ3v) is 4.78. The smallest absolute Gasteiger partial charge is 0.228 e. The molecule has 1 amide bonds. The first kappa shape index (κ1) is 13.2. The summed E-state index contributed by atoms with van der Waals surface area (Å²) in [6, 6.07) is 7.55. The number of rotatable bonds is 3. The summed E-state index contributed by atoms with van der Waals surface area (Å²) >= 11 is 0. The molecule has 0 unspecified atom stereocenters. The molecule has 0 saturated heterocycles. The van der Waals surface area contributed by atoms with Crippen LogP contribution in [-0.2, 0) is 9.59 Å². The zero-order valence-corrected chi connectivity index (χ0v) is 11.5. The van der Waals surface area contributed by atoms with Crippen LogP contribution >= 0.6 is 0 Å². The second kappa shape index (κ2) is 4.93. The number of nitrogens with one attached hydrogen (secondary N) is 1. The van der Waals surface area contributed by atoms with Crippen molar-refractivity contribution in [2.24, 2.45) is 23.7 Å². The number of hydrogen-bond donors (Lipinski definition) is 1. The normalized spacial score (nSPS) is 31.2. The van der Waals surface area contributed by atoms with Crippen LogP contribution in [0, 0.1) is 30.6 Å². The van der Waals surface area contributed by atoms with Crippen LogP contribution in [-0.4, -0.2) is 11.9 Å². The molecular formula is C16H18NO3-. The zero-order chi connectivity index (χ0) is 14.3. The Labute approximate surface area is 118 Å². The summed E-state index contributed by atoms with van der Waals surface area (Å²) in [5, 5.41) is 14.2. The standard InChI is InChI=1S/C16H19NO3/c1-9-3-2-4-12(7-9)17-15(18)13-10-5-6-11(8-10)14(13)16(19)20/h2-4,7,10-11,13-14H,5-6,8H2,1H3,(H,17,18)(H,19,20)/p-1/t10-,11+,13+,14+/m1/s1. The Morgan fingerprint density at radius 2 is 1.90 bits per heavy atom. The molecule has 4 atom stereocenters. The molecule has 1 aromatic rings. The predicted octanol–water partition coefficient (Wildman–Crippen LogP) is 1.35. The molecule has 2 fully saturated rings. The van der Waals surface area contributed by atoms with Crippen molar-refractivity contribution in [3.8, 4) is 0 Å². The number of carboxylic acids is 1. The number of amides is 1. The molecule has 0 radical (unpaired) electrons. The maximum atomic E-state index is 12.4. The fourth-order valence-corrected chi connectivity index (χ4v) is 3.96. The van der Waals surface area contributed by atoms with Crippen molar-refractivity contribution in [2.45, 2.75) is 26.2 Å². The first-order valence-corrected chi connectivity index (χ1v) is 7.14. The monoisotopic (exact) mass is 272 g/mol. The molecule has 1 aromatic carbocycles. The SMILES string of the molecule is Cc1cccc(NC(=O)[C@H]2[C@@H]3CC[C@@H](C3)[C@@H]2C(=O)[O-])c1. The highest BCUT2D eigenvalue weighted by molar-refractivity contribution is 5.95. The summed E-state index contributed by atoms with van der Waals surface area (Å²) in [4.78, 5) is 23.8. The van der Waals surface area contributed by atoms with Gasteiger partial charge in [0.1, 0.15) is 0 Å². The third kappa shape index (κ3) is 2.19. The van der Waals surface area contributed by atoms with Crippen molar-refractivity contribution in [2.75, 3.05) is 5.32 Å². The van der Waals surface area contributed by atoms with Gasteiger partial charge in [-0.15, -0.1) is 0 Å². The number of carbonyl (C=O) groups is 2. The second-order valence-corrected chi connectivity index (χ2v) is 6.06. The molecule has 4 nitrogen and oxygen atoms in total. The van der Waals surface area contributed by atoms with Crippen LogP contribution in [0.15, 0.2) is 24.3 Å². The van der Waals surface area contributed by atoms with Gasteiger partial charge in [0.2, 0.25) is 5.91 Å². The first-order valence-electron chi connectivity index (χ1n) is 7.14. The van der Waals surface area contributed by atoms with Crippen LogP contribution in [0.3, 0.4) is 0 Å². The molecule has 0 spiro atoms. The van der Waals surface area contributed by atoms with Crippen LogP contribution < -0.4 is 10.4 Å². The molecule has 4 heteroatoms. The Kier molecular flexibility index (Phi) is 3.24. The van der Waals surface area contributed by atoms with Crippen molar-refractivity contribution >= 4 is 17.6 Å². The second-order valence-electron chi connectivity index (χ2n) is 6.06. The molecule has 2 saturated carbocycles. The molecule has 2 bridgehead atoms. The van der Waals surface area contributed by atoms with Gasteiger partial charge in [0.25, 0.3) is 0 Å². The Balaban J connectivity index is 1.78. The summed E-state index contributed by atoms with van der Waals surface area (Å²) in [7, 11) is 0. The molecule has 20 heavy (non-hydrogen) atoms. The van der Waals surface area contributed by atoms with Crippen molar-refractivity contribution in [3.05, 3.63) is 29.8 Å². The van der Waals surface area contributed by atoms with Gasteiger partial charge in [-0.25, -0.2) is 0 Å². The lowest BCUT2D eigenvalue weighted by molar-refractivity contribution is -0.314. The zero-order valence-electron chi connectivity index (χ0n) is 11.5. The van der Waals surface area contributed by atoms with E-state index in [1.807, 2.05) is 31.2 Å². The van der Waals surface area contributed by atoms with E-state index >= 15 is 0 Å². The number of fused-ring (bicyclic) bond motifs is 2. The van der Waals surface area contributed by atoms with Gasteiger partial charge < -0.3 is 15.2 Å². The number of carboxylic acid groups (broad SMARTS) is 1. The van der Waals surface area contributed by atoms with Gasteiger partial charge in [0, 0.05) is 23.5 Å². The van der Waals surface area contributed by atoms with Crippen molar-refractivity contribution in [1.82, 2.24) is 0 Å². The fraction of sp³-hybridized carbons (Fsp3) is 0.500. The minimum absolute atomic E-state index is 0.123. The maximum absolute atomic E-state index is 12.4. The van der Waals surface area contributed by atoms with E-state index in [0.717, 1.165) is 30.5 Å². The van der Waals surface area contributed by atoms with E-state index in [-0.39, 0.29) is 17.7 Å². The van der Waals surface area contributed by atoms with Crippen molar-refractivity contribution in [3.63, 3.8) is 0 Å². The van der Waals surface area contributed by atoms with Crippen LogP contribution in [0.1, 0.15) is 24.8 Å². The minimum Gasteiger partial charge on any atom is -0.550 e. The summed E-state index contributed by atoms with van der Waals surface area (Å²) in [5.74, 6) is -1.96. The topological polar surface area (TPSA) is 69.2 Å². The third-order valence-electron chi connectivity index (χ3n) is 4.78. The molecule has 2 aliphatic rings. The average molecular weight is 272 g/mol. The number of hydrogen-bond acceptors (Lipinski definition) is 3. The average Bonchev–Trinajstić information content (AvgIpc) is 2.98. The molecule has 1 N–H and O–H groups in total. The van der Waals surface area contributed by atoms with Gasteiger partial charge in [-0.05, 0) is 55.7 Å². The van der Waals surface area contributed by atoms with Gasteiger partial charge in [-0.1, -0.05) is 12.1 Å². The minimum atomic E-state index is -1.07. The van der Waals surface area contributed by atoms with Gasteiger partial charge in [0.05, 0.1) is 0 Å². The van der Waals surface area contributed by atoms with Crippen LogP contribution in [0.4, 0.5) is 5.69 Å². The highest BCUT2D eigenvalue weighted by Crippen LogP contribution is 2.52. The highest BCUT2D eigenvalue weighted by atomic mass is 16.4. The number of carbonyl (C=O) groups excluding carboxylic acids is 2. The Morgan fingerprint density at radius 1 is 1.20 bits per heavy atom. The Morgan fingerprint density at radius 3 is 2.55 bits per heavy atom. The molecular weight excluding hydrogens is 254 g/mol. The van der Waals surface area contributed by atoms with Crippen LogP contribution in [0.25, 0.3) is 0 Å². The summed E-state index contributed by atoms with van der Waals surface area (Å²) in [5.41, 5.74) is 1.79. The van der Waals surface area contributed by atoms with Crippen molar-refractivity contribution < 1.29 is 14.7 Å². The maximum Gasteiger partial charge on any atom is 0.228 e. The van der Waals surface area contributed by atoms with E-state index in [9.17, 15) is 14.7 Å². The summed E-state index contributed by atoms with van der Waals surface area (Å²) in [6.07, 6.45) is 2.72. The quantitative estimate of drug-likeness (QED) is 0.903. The molecule has 0 aromatic heterocycles. The van der Waals surface area contributed by atoms with Gasteiger partial charge in [-0.2, -0.15) is 0 Å². The largest absolute Gasteiger partial charge is 0.550 e. The molecule has 2 aliphatic carbocycles. The first-order chi connectivity index (χ1) is 9.56. The molecule has 0 heterocycles. The van der Waals surface area contributed by atoms with E-state index in [0.29, 0.717) is 0 Å². The van der Waals surface area contributed by atoms with Gasteiger partial charge >= 0.3 is 0 Å². The predicted molar refractivity (Wildman–Crippen MR) is 72.6 cm³/mol. The summed E-state index contributed by atoms with van der Waals surface area (Å²) < 4.78 is 0. The van der Waals surface area contributed by atoms with Crippen molar-refractivity contribution in [1.29, 1.82) is 0 Å². The van der Waals surface area contributed by atoms with Crippen LogP contribution in [0.5, 0.6) is 0 Å². The van der Waals surface area contributed by atoms with Crippen LogP contribution in [0.2, 0.25) is 0 Å². The van der Waals surface area contributed by atoms with E-state index in [4.69, 9.17) is 0 Å². The van der Waals surface area contributed by atoms with E-state index in [2.05, 4.69) is 5.32 Å². The number of aliphatic carboxylic acids is 1. The summed E-state index contributed by atoms with van der Waals surface area (Å²) in [6.45, 7) is 1.96. The molecule has 3 rings (SSSR count). The van der Waals surface area contributed by atoms with Gasteiger partial charge in [-0.3, -0.25) is 4.79 Å². The fourth-order valence-electron chi connectivity index (χ4n) is 3.96.